The summed E-state index contributed by atoms with van der Waals surface area (Å²) < 4.78 is 1.72. The molecule has 7 heteroatoms. The van der Waals surface area contributed by atoms with Crippen molar-refractivity contribution in [3.8, 4) is 17.0 Å². The van der Waals surface area contributed by atoms with Gasteiger partial charge in [0.2, 0.25) is 0 Å². The SMILES string of the molecule is CC[C@H](C)Cn1cc(-c2ccc(O)c([N+](=O)[O-])c2)nn1. The molecule has 0 saturated carbocycles. The van der Waals surface area contributed by atoms with Gasteiger partial charge >= 0.3 is 5.69 Å². The van der Waals surface area contributed by atoms with Crippen LogP contribution in [0.25, 0.3) is 11.3 Å². The molecule has 7 nitrogen and oxygen atoms in total. The molecule has 1 heterocycles. The molecule has 1 aromatic heterocycles. The summed E-state index contributed by atoms with van der Waals surface area (Å²) in [5.74, 6) is 0.129. The van der Waals surface area contributed by atoms with Gasteiger partial charge in [-0.1, -0.05) is 25.5 Å². The Balaban J connectivity index is 2.28. The lowest BCUT2D eigenvalue weighted by Gasteiger charge is -2.06. The predicted octanol–water partition coefficient (Wildman–Crippen LogP) is 2.61. The lowest BCUT2D eigenvalue weighted by molar-refractivity contribution is -0.385. The Hall–Kier alpha value is -2.44. The molecule has 20 heavy (non-hydrogen) atoms. The van der Waals surface area contributed by atoms with Crippen LogP contribution in [0.4, 0.5) is 5.69 Å². The summed E-state index contributed by atoms with van der Waals surface area (Å²) in [5.41, 5.74) is 0.778. The molecule has 0 aliphatic rings. The normalized spacial score (nSPS) is 12.3. The molecule has 0 amide bonds. The van der Waals surface area contributed by atoms with Crippen LogP contribution in [-0.2, 0) is 6.54 Å². The second kappa shape index (κ2) is 5.68. The van der Waals surface area contributed by atoms with Gasteiger partial charge in [-0.15, -0.1) is 5.10 Å². The van der Waals surface area contributed by atoms with E-state index in [1.807, 2.05) is 0 Å². The second-order valence-corrected chi connectivity index (χ2v) is 4.80. The maximum Gasteiger partial charge on any atom is 0.311 e. The number of benzene rings is 1. The van der Waals surface area contributed by atoms with E-state index in [2.05, 4.69) is 24.2 Å². The van der Waals surface area contributed by atoms with Crippen molar-refractivity contribution in [2.45, 2.75) is 26.8 Å². The fourth-order valence-corrected chi connectivity index (χ4v) is 1.80. The average molecular weight is 276 g/mol. The molecule has 2 aromatic rings. The summed E-state index contributed by atoms with van der Waals surface area (Å²) in [5, 5.41) is 28.2. The predicted molar refractivity (Wildman–Crippen MR) is 73.2 cm³/mol. The average Bonchev–Trinajstić information content (AvgIpc) is 2.87. The van der Waals surface area contributed by atoms with E-state index in [4.69, 9.17) is 0 Å². The molecule has 0 unspecified atom stereocenters. The van der Waals surface area contributed by atoms with Gasteiger partial charge in [-0.25, -0.2) is 0 Å². The van der Waals surface area contributed by atoms with E-state index in [-0.39, 0.29) is 11.4 Å². The van der Waals surface area contributed by atoms with Crippen LogP contribution < -0.4 is 0 Å². The number of rotatable bonds is 5. The van der Waals surface area contributed by atoms with Crippen molar-refractivity contribution in [2.24, 2.45) is 5.92 Å². The van der Waals surface area contributed by atoms with E-state index < -0.39 is 4.92 Å². The molecule has 0 spiro atoms. The fraction of sp³-hybridized carbons (Fsp3) is 0.385. The zero-order valence-corrected chi connectivity index (χ0v) is 11.4. The van der Waals surface area contributed by atoms with Crippen molar-refractivity contribution >= 4 is 5.69 Å². The van der Waals surface area contributed by atoms with Gasteiger partial charge in [0.1, 0.15) is 5.69 Å². The molecule has 2 rings (SSSR count). The molecule has 0 bridgehead atoms. The zero-order chi connectivity index (χ0) is 14.7. The molecule has 0 radical (unpaired) electrons. The quantitative estimate of drug-likeness (QED) is 0.669. The Morgan fingerprint density at radius 3 is 2.90 bits per heavy atom. The largest absolute Gasteiger partial charge is 0.502 e. The first-order chi connectivity index (χ1) is 9.51. The number of hydrogen-bond donors (Lipinski definition) is 1. The first-order valence-corrected chi connectivity index (χ1v) is 6.39. The minimum Gasteiger partial charge on any atom is -0.502 e. The van der Waals surface area contributed by atoms with Crippen LogP contribution in [0.2, 0.25) is 0 Å². The van der Waals surface area contributed by atoms with Gasteiger partial charge in [0.15, 0.2) is 5.75 Å². The Morgan fingerprint density at radius 1 is 1.50 bits per heavy atom. The van der Waals surface area contributed by atoms with Crippen LogP contribution in [0, 0.1) is 16.0 Å². The summed E-state index contributed by atoms with van der Waals surface area (Å²) in [7, 11) is 0. The van der Waals surface area contributed by atoms with Crippen LogP contribution in [-0.4, -0.2) is 25.0 Å². The van der Waals surface area contributed by atoms with Crippen molar-refractivity contribution in [3.63, 3.8) is 0 Å². The maximum atomic E-state index is 10.8. The highest BCUT2D eigenvalue weighted by Crippen LogP contribution is 2.30. The lowest BCUT2D eigenvalue weighted by Crippen LogP contribution is -2.06. The monoisotopic (exact) mass is 276 g/mol. The zero-order valence-electron chi connectivity index (χ0n) is 11.4. The number of aromatic hydroxyl groups is 1. The fourth-order valence-electron chi connectivity index (χ4n) is 1.80. The smallest absolute Gasteiger partial charge is 0.311 e. The minimum atomic E-state index is -0.623. The maximum absolute atomic E-state index is 10.8. The number of aromatic nitrogens is 3. The van der Waals surface area contributed by atoms with E-state index in [0.29, 0.717) is 17.2 Å². The van der Waals surface area contributed by atoms with E-state index >= 15 is 0 Å². The molecule has 0 aliphatic carbocycles. The van der Waals surface area contributed by atoms with E-state index in [1.165, 1.54) is 12.1 Å². The standard InChI is InChI=1S/C13H16N4O3/c1-3-9(2)7-16-8-11(14-15-16)10-4-5-13(18)12(6-10)17(19)20/h4-6,8-9,18H,3,7H2,1-2H3/t9-/m0/s1. The van der Waals surface area contributed by atoms with Gasteiger partial charge in [0.25, 0.3) is 0 Å². The van der Waals surface area contributed by atoms with Crippen molar-refractivity contribution in [1.29, 1.82) is 0 Å². The first kappa shape index (κ1) is 14.0. The number of hydrogen-bond acceptors (Lipinski definition) is 5. The summed E-state index contributed by atoms with van der Waals surface area (Å²) >= 11 is 0. The minimum absolute atomic E-state index is 0.334. The number of nitro benzene ring substituents is 1. The molecule has 1 atom stereocenters. The third kappa shape index (κ3) is 2.93. The van der Waals surface area contributed by atoms with Crippen molar-refractivity contribution in [1.82, 2.24) is 15.0 Å². The first-order valence-electron chi connectivity index (χ1n) is 6.39. The van der Waals surface area contributed by atoms with Crippen LogP contribution >= 0.6 is 0 Å². The van der Waals surface area contributed by atoms with Crippen molar-refractivity contribution in [2.75, 3.05) is 0 Å². The Labute approximate surface area is 116 Å². The van der Waals surface area contributed by atoms with Crippen molar-refractivity contribution < 1.29 is 10.0 Å². The molecule has 0 aliphatic heterocycles. The molecular weight excluding hydrogens is 260 g/mol. The highest BCUT2D eigenvalue weighted by molar-refractivity contribution is 5.64. The Bertz CT molecular complexity index is 624. The molecule has 1 aromatic carbocycles. The van der Waals surface area contributed by atoms with E-state index in [1.54, 1.807) is 16.9 Å². The highest BCUT2D eigenvalue weighted by atomic mass is 16.6. The van der Waals surface area contributed by atoms with Gasteiger partial charge in [-0.3, -0.25) is 14.8 Å². The molecule has 1 N–H and O–H groups in total. The molecule has 0 saturated heterocycles. The van der Waals surface area contributed by atoms with Crippen LogP contribution in [0.5, 0.6) is 5.75 Å². The molecule has 106 valence electrons. The third-order valence-electron chi connectivity index (χ3n) is 3.20. The number of nitro groups is 1. The number of phenols is 1. The van der Waals surface area contributed by atoms with Crippen LogP contribution in [0.15, 0.2) is 24.4 Å². The second-order valence-electron chi connectivity index (χ2n) is 4.80. The summed E-state index contributed by atoms with van der Waals surface area (Å²) in [6.45, 7) is 4.97. The van der Waals surface area contributed by atoms with Gasteiger partial charge in [0.05, 0.1) is 11.1 Å². The van der Waals surface area contributed by atoms with E-state index in [9.17, 15) is 15.2 Å². The lowest BCUT2D eigenvalue weighted by atomic mass is 10.1. The topological polar surface area (TPSA) is 94.1 Å². The Kier molecular flexibility index (Phi) is 3.97. The number of phenolic OH excluding ortho intramolecular Hbond substituents is 1. The van der Waals surface area contributed by atoms with E-state index in [0.717, 1.165) is 13.0 Å². The van der Waals surface area contributed by atoms with Crippen LogP contribution in [0.1, 0.15) is 20.3 Å². The van der Waals surface area contributed by atoms with Crippen molar-refractivity contribution in [3.05, 3.63) is 34.5 Å². The highest BCUT2D eigenvalue weighted by Gasteiger charge is 2.16. The number of nitrogens with zero attached hydrogens (tertiary/aromatic N) is 4. The Morgan fingerprint density at radius 2 is 2.25 bits per heavy atom. The molecule has 0 fully saturated rings. The van der Waals surface area contributed by atoms with Crippen LogP contribution in [0.3, 0.4) is 0 Å². The molecular formula is C13H16N4O3. The van der Waals surface area contributed by atoms with Gasteiger partial charge in [-0.05, 0) is 18.1 Å². The summed E-state index contributed by atoms with van der Waals surface area (Å²) in [6, 6.07) is 4.17. The van der Waals surface area contributed by atoms with Gasteiger partial charge in [0, 0.05) is 18.2 Å². The summed E-state index contributed by atoms with van der Waals surface area (Å²) in [6.07, 6.45) is 2.79. The van der Waals surface area contributed by atoms with Gasteiger partial charge < -0.3 is 5.11 Å². The third-order valence-corrected chi connectivity index (χ3v) is 3.20. The summed E-state index contributed by atoms with van der Waals surface area (Å²) in [4.78, 5) is 10.2. The van der Waals surface area contributed by atoms with Gasteiger partial charge in [-0.2, -0.15) is 0 Å².